The predicted molar refractivity (Wildman–Crippen MR) is 86.9 cm³/mol. The molecular formula is C15H33O6P. The van der Waals surface area contributed by atoms with Crippen molar-refractivity contribution in [3.63, 3.8) is 0 Å². The van der Waals surface area contributed by atoms with Crippen LogP contribution in [0.4, 0.5) is 0 Å². The average molecular weight is 340 g/mol. The van der Waals surface area contributed by atoms with Gasteiger partial charge in [0.25, 0.3) is 0 Å². The first-order valence-electron chi connectivity index (χ1n) is 8.36. The van der Waals surface area contributed by atoms with E-state index in [-0.39, 0.29) is 19.8 Å². The average Bonchev–Trinajstić information content (AvgIpc) is 2.48. The molecule has 0 atom stereocenters. The minimum absolute atomic E-state index is 0.276. The van der Waals surface area contributed by atoms with Gasteiger partial charge in [-0.2, -0.15) is 0 Å². The summed E-state index contributed by atoms with van der Waals surface area (Å²) in [6.07, 6.45) is 3.42. The van der Waals surface area contributed by atoms with E-state index < -0.39 is 13.3 Å². The molecule has 0 heterocycles. The van der Waals surface area contributed by atoms with Gasteiger partial charge in [0.05, 0.1) is 33.0 Å². The number of unbranched alkanes of at least 4 members (excludes halogenated alkanes) is 2. The van der Waals surface area contributed by atoms with Crippen LogP contribution in [0.5, 0.6) is 0 Å². The van der Waals surface area contributed by atoms with Crippen molar-refractivity contribution in [2.24, 2.45) is 0 Å². The SMILES string of the molecule is CCCCOP(=O)(OCCCC)C(OCC)(OCC)OCC. The highest BCUT2D eigenvalue weighted by Crippen LogP contribution is 2.62. The zero-order chi connectivity index (χ0) is 16.9. The van der Waals surface area contributed by atoms with Crippen molar-refractivity contribution in [3.05, 3.63) is 0 Å². The van der Waals surface area contributed by atoms with Crippen molar-refractivity contribution < 1.29 is 27.8 Å². The van der Waals surface area contributed by atoms with E-state index in [1.54, 1.807) is 20.8 Å². The Labute approximate surface area is 135 Å². The Morgan fingerprint density at radius 1 is 0.727 bits per heavy atom. The number of rotatable bonds is 15. The lowest BCUT2D eigenvalue weighted by atomic mass is 10.4. The van der Waals surface area contributed by atoms with Gasteiger partial charge in [-0.1, -0.05) is 26.7 Å². The molecule has 0 aromatic rings. The lowest BCUT2D eigenvalue weighted by Gasteiger charge is -2.36. The van der Waals surface area contributed by atoms with Crippen molar-refractivity contribution in [3.8, 4) is 0 Å². The fraction of sp³-hybridized carbons (Fsp3) is 1.00. The summed E-state index contributed by atoms with van der Waals surface area (Å²) in [4.78, 5) is 0. The molecule has 0 amide bonds. The van der Waals surface area contributed by atoms with Crippen LogP contribution in [-0.4, -0.2) is 38.7 Å². The zero-order valence-electron chi connectivity index (χ0n) is 14.8. The molecule has 0 unspecified atom stereocenters. The number of hydrogen-bond donors (Lipinski definition) is 0. The van der Waals surface area contributed by atoms with E-state index in [1.165, 1.54) is 0 Å². The summed E-state index contributed by atoms with van der Waals surface area (Å²) in [6.45, 7) is 10.9. The quantitative estimate of drug-likeness (QED) is 0.248. The second-order valence-corrected chi connectivity index (χ2v) is 6.75. The molecule has 6 nitrogen and oxygen atoms in total. The predicted octanol–water partition coefficient (Wildman–Crippen LogP) is 4.53. The van der Waals surface area contributed by atoms with Gasteiger partial charge in [0.1, 0.15) is 0 Å². The van der Waals surface area contributed by atoms with E-state index in [2.05, 4.69) is 0 Å². The highest BCUT2D eigenvalue weighted by molar-refractivity contribution is 7.55. The Hall–Kier alpha value is 0.0300. The summed E-state index contributed by atoms with van der Waals surface area (Å²) in [5.74, 6) is 0. The van der Waals surface area contributed by atoms with Gasteiger partial charge in [-0.25, -0.2) is 0 Å². The Kier molecular flexibility index (Phi) is 12.5. The van der Waals surface area contributed by atoms with Crippen LogP contribution in [0.25, 0.3) is 0 Å². The first kappa shape index (κ1) is 22.0. The highest BCUT2D eigenvalue weighted by Gasteiger charge is 2.56. The van der Waals surface area contributed by atoms with E-state index in [1.807, 2.05) is 13.8 Å². The standard InChI is InChI=1S/C15H33O6P/c1-6-11-13-20-22(16,21-14-12-7-2)15(17-8-3,18-9-4)19-10-5/h6-14H2,1-5H3. The molecule has 22 heavy (non-hydrogen) atoms. The molecule has 0 saturated heterocycles. The fourth-order valence-electron chi connectivity index (χ4n) is 1.76. The van der Waals surface area contributed by atoms with Crippen LogP contribution >= 0.6 is 7.60 Å². The third kappa shape index (κ3) is 6.65. The minimum atomic E-state index is -3.74. The Balaban J connectivity index is 5.32. The van der Waals surface area contributed by atoms with Gasteiger partial charge in [0.15, 0.2) is 0 Å². The molecule has 0 N–H and O–H groups in total. The summed E-state index contributed by atoms with van der Waals surface area (Å²) in [5.41, 5.74) is -1.78. The molecule has 0 spiro atoms. The molecule has 7 heteroatoms. The summed E-state index contributed by atoms with van der Waals surface area (Å²) in [6, 6.07) is 0. The smallest absolute Gasteiger partial charge is 0.318 e. The minimum Gasteiger partial charge on any atom is -0.318 e. The molecular weight excluding hydrogens is 307 g/mol. The number of hydrogen-bond acceptors (Lipinski definition) is 6. The molecule has 0 fully saturated rings. The van der Waals surface area contributed by atoms with Gasteiger partial charge in [0.2, 0.25) is 0 Å². The molecule has 0 aliphatic rings. The largest absolute Gasteiger partial charge is 0.420 e. The summed E-state index contributed by atoms with van der Waals surface area (Å²) < 4.78 is 41.3. The lowest BCUT2D eigenvalue weighted by Crippen LogP contribution is -2.41. The summed E-state index contributed by atoms with van der Waals surface area (Å²) in [5, 5.41) is 0. The highest BCUT2D eigenvalue weighted by atomic mass is 31.2. The molecule has 134 valence electrons. The molecule has 0 bridgehead atoms. The normalized spacial score (nSPS) is 12.8. The molecule has 0 aromatic carbocycles. The van der Waals surface area contributed by atoms with Crippen molar-refractivity contribution >= 4 is 7.60 Å². The van der Waals surface area contributed by atoms with Crippen LogP contribution in [0.3, 0.4) is 0 Å². The number of ether oxygens (including phenoxy) is 3. The van der Waals surface area contributed by atoms with Gasteiger partial charge >= 0.3 is 13.3 Å². The molecule has 0 aromatic heterocycles. The Morgan fingerprint density at radius 2 is 1.09 bits per heavy atom. The summed E-state index contributed by atoms with van der Waals surface area (Å²) in [7, 11) is -3.74. The van der Waals surface area contributed by atoms with E-state index in [0.717, 1.165) is 25.7 Å². The van der Waals surface area contributed by atoms with Gasteiger partial charge < -0.3 is 23.3 Å². The van der Waals surface area contributed by atoms with Gasteiger partial charge in [-0.3, -0.25) is 4.57 Å². The van der Waals surface area contributed by atoms with Gasteiger partial charge in [0, 0.05) is 0 Å². The van der Waals surface area contributed by atoms with Crippen LogP contribution in [0.15, 0.2) is 0 Å². The lowest BCUT2D eigenvalue weighted by molar-refractivity contribution is -0.330. The van der Waals surface area contributed by atoms with E-state index >= 15 is 0 Å². The molecule has 0 radical (unpaired) electrons. The Bertz CT molecular complexity index is 279. The first-order chi connectivity index (χ1) is 10.6. The maximum atomic E-state index is 13.3. The summed E-state index contributed by atoms with van der Waals surface area (Å²) >= 11 is 0. The van der Waals surface area contributed by atoms with Crippen molar-refractivity contribution in [2.75, 3.05) is 33.0 Å². The topological polar surface area (TPSA) is 63.2 Å². The second-order valence-electron chi connectivity index (χ2n) is 4.69. The molecule has 0 aliphatic heterocycles. The molecule has 0 saturated carbocycles. The van der Waals surface area contributed by atoms with Crippen LogP contribution in [0.1, 0.15) is 60.3 Å². The maximum Gasteiger partial charge on any atom is 0.420 e. The van der Waals surface area contributed by atoms with Crippen molar-refractivity contribution in [2.45, 2.75) is 66.0 Å². The third-order valence-electron chi connectivity index (χ3n) is 2.83. The monoisotopic (exact) mass is 340 g/mol. The van der Waals surface area contributed by atoms with Crippen LogP contribution in [-0.2, 0) is 27.8 Å². The Morgan fingerprint density at radius 3 is 1.36 bits per heavy atom. The van der Waals surface area contributed by atoms with Crippen LogP contribution in [0.2, 0.25) is 0 Å². The van der Waals surface area contributed by atoms with Gasteiger partial charge in [-0.15, -0.1) is 0 Å². The van der Waals surface area contributed by atoms with Gasteiger partial charge in [-0.05, 0) is 33.6 Å². The first-order valence-corrected chi connectivity index (χ1v) is 9.91. The maximum absolute atomic E-state index is 13.3. The van der Waals surface area contributed by atoms with E-state index in [4.69, 9.17) is 23.3 Å². The zero-order valence-corrected chi connectivity index (χ0v) is 15.7. The molecule has 0 rings (SSSR count). The van der Waals surface area contributed by atoms with E-state index in [9.17, 15) is 4.57 Å². The van der Waals surface area contributed by atoms with Crippen LogP contribution < -0.4 is 0 Å². The second kappa shape index (κ2) is 12.5. The molecule has 0 aliphatic carbocycles. The fourth-order valence-corrected chi connectivity index (χ4v) is 3.75. The van der Waals surface area contributed by atoms with E-state index in [0.29, 0.717) is 13.2 Å². The van der Waals surface area contributed by atoms with Crippen LogP contribution in [0, 0.1) is 0 Å². The third-order valence-corrected chi connectivity index (χ3v) is 4.94. The van der Waals surface area contributed by atoms with Crippen molar-refractivity contribution in [1.29, 1.82) is 0 Å². The van der Waals surface area contributed by atoms with Crippen molar-refractivity contribution in [1.82, 2.24) is 0 Å².